The average Bonchev–Trinajstić information content (AvgIpc) is 2.93. The van der Waals surface area contributed by atoms with E-state index in [2.05, 4.69) is 24.8 Å². The molecule has 3 aromatic rings. The third-order valence-electron chi connectivity index (χ3n) is 7.18. The molecule has 1 atom stereocenters. The molecule has 0 spiro atoms. The molecule has 0 aliphatic carbocycles. The summed E-state index contributed by atoms with van der Waals surface area (Å²) in [6.45, 7) is 10.6. The Balaban J connectivity index is 1.72. The minimum absolute atomic E-state index is 0.0886. The fraction of sp³-hybridized carbons (Fsp3) is 0.300. The fourth-order valence-corrected chi connectivity index (χ4v) is 6.86. The number of benzene rings is 2. The third kappa shape index (κ3) is 5.46. The first-order valence-electron chi connectivity index (χ1n) is 13.4. The van der Waals surface area contributed by atoms with Crippen LogP contribution in [0.15, 0.2) is 71.6 Å². The molecule has 214 valence electrons. The van der Waals surface area contributed by atoms with Crippen molar-refractivity contribution < 1.29 is 17.6 Å². The van der Waals surface area contributed by atoms with E-state index in [1.165, 1.54) is 12.1 Å². The number of piperazine rings is 1. The number of hydrogen-bond acceptors (Lipinski definition) is 5. The Kier molecular flexibility index (Phi) is 7.89. The maximum atomic E-state index is 14.9. The second kappa shape index (κ2) is 11.3. The summed E-state index contributed by atoms with van der Waals surface area (Å²) in [5, 5.41) is 0.157. The van der Waals surface area contributed by atoms with Crippen molar-refractivity contribution >= 4 is 45.1 Å². The minimum Gasteiger partial charge on any atom is -0.349 e. The number of halogens is 2. The third-order valence-corrected chi connectivity index (χ3v) is 8.70. The Morgan fingerprint density at radius 2 is 1.85 bits per heavy atom. The van der Waals surface area contributed by atoms with Gasteiger partial charge in [-0.2, -0.15) is 8.42 Å². The molecule has 0 N–H and O–H groups in total. The number of fused-ring (bicyclic) bond motifs is 1. The monoisotopic (exact) mass is 595 g/mol. The maximum absolute atomic E-state index is 14.9. The van der Waals surface area contributed by atoms with Crippen LogP contribution in [-0.2, 0) is 21.4 Å². The Morgan fingerprint density at radius 3 is 2.54 bits per heavy atom. The second-order valence-electron chi connectivity index (χ2n) is 10.6. The van der Waals surface area contributed by atoms with Gasteiger partial charge >= 0.3 is 10.2 Å². The summed E-state index contributed by atoms with van der Waals surface area (Å²) in [6.07, 6.45) is 1.89. The normalized spacial score (nSPS) is 18.2. The van der Waals surface area contributed by atoms with Gasteiger partial charge < -0.3 is 9.80 Å². The molecular formula is C30H31ClFN5O3S. The molecule has 0 unspecified atom stereocenters. The lowest BCUT2D eigenvalue weighted by Gasteiger charge is -2.42. The van der Waals surface area contributed by atoms with Crippen molar-refractivity contribution in [2.45, 2.75) is 33.2 Å². The number of amides is 1. The first-order chi connectivity index (χ1) is 19.5. The summed E-state index contributed by atoms with van der Waals surface area (Å²) in [7, 11) is -4.34. The summed E-state index contributed by atoms with van der Waals surface area (Å²) in [6, 6.07) is 14.7. The van der Waals surface area contributed by atoms with Crippen LogP contribution in [0.2, 0.25) is 5.02 Å². The van der Waals surface area contributed by atoms with Crippen LogP contribution in [0.25, 0.3) is 11.3 Å². The van der Waals surface area contributed by atoms with E-state index in [1.807, 2.05) is 24.0 Å². The second-order valence-corrected chi connectivity index (χ2v) is 12.4. The molecule has 0 radical (unpaired) electrons. The molecule has 2 aliphatic rings. The van der Waals surface area contributed by atoms with Crippen molar-refractivity contribution in [2.75, 3.05) is 23.9 Å². The van der Waals surface area contributed by atoms with Crippen LogP contribution in [0.5, 0.6) is 0 Å². The zero-order valence-electron chi connectivity index (χ0n) is 23.1. The van der Waals surface area contributed by atoms with Gasteiger partial charge in [0.15, 0.2) is 11.7 Å². The van der Waals surface area contributed by atoms with Crippen molar-refractivity contribution in [3.63, 3.8) is 0 Å². The first-order valence-corrected chi connectivity index (χ1v) is 15.2. The van der Waals surface area contributed by atoms with Gasteiger partial charge in [0.2, 0.25) is 5.91 Å². The van der Waals surface area contributed by atoms with Crippen molar-refractivity contribution in [3.05, 3.63) is 89.2 Å². The maximum Gasteiger partial charge on any atom is 0.352 e. The molecule has 11 heteroatoms. The van der Waals surface area contributed by atoms with Gasteiger partial charge in [-0.05, 0) is 55.2 Å². The highest BCUT2D eigenvalue weighted by Crippen LogP contribution is 2.42. The number of carbonyl (C=O) groups is 1. The van der Waals surface area contributed by atoms with Crippen LogP contribution >= 0.6 is 11.6 Å². The summed E-state index contributed by atoms with van der Waals surface area (Å²) in [5.41, 5.74) is 1.92. The molecule has 1 amide bonds. The van der Waals surface area contributed by atoms with Gasteiger partial charge in [0.25, 0.3) is 0 Å². The summed E-state index contributed by atoms with van der Waals surface area (Å²) < 4.78 is 48.4. The molecule has 1 fully saturated rings. The van der Waals surface area contributed by atoms with Gasteiger partial charge in [0, 0.05) is 31.2 Å². The molecule has 0 bridgehead atoms. The highest BCUT2D eigenvalue weighted by atomic mass is 35.5. The van der Waals surface area contributed by atoms with E-state index in [-0.39, 0.29) is 45.8 Å². The van der Waals surface area contributed by atoms with Crippen LogP contribution in [0.3, 0.4) is 0 Å². The number of carbonyl (C=O) groups excluding carboxylic acids is 1. The molecule has 1 saturated heterocycles. The number of amidine groups is 1. The van der Waals surface area contributed by atoms with Crippen molar-refractivity contribution in [3.8, 4) is 11.3 Å². The lowest BCUT2D eigenvalue weighted by molar-refractivity contribution is -0.128. The molecule has 41 heavy (non-hydrogen) atoms. The Bertz CT molecular complexity index is 1660. The Morgan fingerprint density at radius 1 is 1.15 bits per heavy atom. The van der Waals surface area contributed by atoms with Crippen molar-refractivity contribution in [1.82, 2.24) is 14.8 Å². The van der Waals surface area contributed by atoms with Crippen LogP contribution < -0.4 is 4.31 Å². The zero-order chi connectivity index (χ0) is 29.5. The Labute approximate surface area is 245 Å². The highest BCUT2D eigenvalue weighted by molar-refractivity contribution is 7.92. The topological polar surface area (TPSA) is 86.2 Å². The number of para-hydroxylation sites is 1. The van der Waals surface area contributed by atoms with Crippen molar-refractivity contribution in [1.29, 1.82) is 0 Å². The van der Waals surface area contributed by atoms with Crippen LogP contribution in [-0.4, -0.2) is 60.6 Å². The quantitative estimate of drug-likeness (QED) is 0.358. The number of hydrogen-bond donors (Lipinski definition) is 0. The van der Waals surface area contributed by atoms with E-state index in [1.54, 1.807) is 41.3 Å². The number of rotatable bonds is 5. The van der Waals surface area contributed by atoms with Gasteiger partial charge in [-0.15, -0.1) is 4.40 Å². The van der Waals surface area contributed by atoms with E-state index >= 15 is 0 Å². The molecule has 2 aliphatic heterocycles. The standard InChI is InChI=1S/C30H31ClFN5O3S/c1-5-27(38)35-14-15-36(20(4)18-35)30-23-17-24(31)28(22-11-7-8-12-25(22)32)33-29(23)37(41(39,40)34-30)26-13-9-6-10-21(26)16-19(2)3/h5-13,17,19-20H,1,14-16,18H2,2-4H3/t20-/m0/s1. The SMILES string of the molecule is C=CC(=O)N1CCN(C2=NS(=O)(=O)N(c3ccccc3CC(C)C)c3nc(-c4ccccc4F)c(Cl)cc32)[C@@H](C)C1. The van der Waals surface area contributed by atoms with E-state index in [0.717, 1.165) is 9.87 Å². The van der Waals surface area contributed by atoms with Crippen LogP contribution in [0.1, 0.15) is 31.9 Å². The van der Waals surface area contributed by atoms with E-state index in [9.17, 15) is 17.6 Å². The van der Waals surface area contributed by atoms with E-state index in [0.29, 0.717) is 37.3 Å². The summed E-state index contributed by atoms with van der Waals surface area (Å²) in [5.74, 6) is -0.194. The summed E-state index contributed by atoms with van der Waals surface area (Å²) in [4.78, 5) is 20.5. The number of pyridine rings is 1. The molecule has 3 heterocycles. The van der Waals surface area contributed by atoms with Gasteiger partial charge in [-0.3, -0.25) is 4.79 Å². The molecule has 8 nitrogen and oxygen atoms in total. The lowest BCUT2D eigenvalue weighted by atomic mass is 10.0. The number of nitrogens with zero attached hydrogens (tertiary/aromatic N) is 5. The predicted molar refractivity (Wildman–Crippen MR) is 160 cm³/mol. The zero-order valence-corrected chi connectivity index (χ0v) is 24.7. The highest BCUT2D eigenvalue weighted by Gasteiger charge is 2.40. The fourth-order valence-electron chi connectivity index (χ4n) is 5.32. The molecule has 0 saturated carbocycles. The van der Waals surface area contributed by atoms with E-state index in [4.69, 9.17) is 16.6 Å². The molecular weight excluding hydrogens is 565 g/mol. The largest absolute Gasteiger partial charge is 0.352 e. The smallest absolute Gasteiger partial charge is 0.349 e. The first kappa shape index (κ1) is 28.8. The van der Waals surface area contributed by atoms with Gasteiger partial charge in [0.05, 0.1) is 22.0 Å². The van der Waals surface area contributed by atoms with Gasteiger partial charge in [0.1, 0.15) is 5.82 Å². The molecule has 2 aromatic carbocycles. The molecule has 5 rings (SSSR count). The number of aromatic nitrogens is 1. The van der Waals surface area contributed by atoms with Crippen LogP contribution in [0.4, 0.5) is 15.9 Å². The van der Waals surface area contributed by atoms with Gasteiger partial charge in [-0.25, -0.2) is 13.7 Å². The van der Waals surface area contributed by atoms with E-state index < -0.39 is 16.0 Å². The number of anilines is 2. The van der Waals surface area contributed by atoms with Crippen molar-refractivity contribution in [2.24, 2.45) is 10.3 Å². The average molecular weight is 596 g/mol. The van der Waals surface area contributed by atoms with Gasteiger partial charge in [-0.1, -0.05) is 62.4 Å². The molecule has 1 aromatic heterocycles. The predicted octanol–water partition coefficient (Wildman–Crippen LogP) is 5.60. The van der Waals surface area contributed by atoms with Crippen LogP contribution in [0, 0.1) is 11.7 Å². The summed E-state index contributed by atoms with van der Waals surface area (Å²) >= 11 is 6.72. The lowest BCUT2D eigenvalue weighted by Crippen LogP contribution is -2.56. The Hall–Kier alpha value is -3.76. The minimum atomic E-state index is -4.34.